The quantitative estimate of drug-likeness (QED) is 0.907. The van der Waals surface area contributed by atoms with Gasteiger partial charge in [-0.15, -0.1) is 0 Å². The highest BCUT2D eigenvalue weighted by Gasteiger charge is 2.16. The van der Waals surface area contributed by atoms with Gasteiger partial charge in [0, 0.05) is 12.3 Å². The van der Waals surface area contributed by atoms with Crippen LogP contribution in [0.15, 0.2) is 12.1 Å². The fraction of sp³-hybridized carbons (Fsp3) is 0.364. The van der Waals surface area contributed by atoms with Crippen molar-refractivity contribution in [3.8, 4) is 6.07 Å². The highest BCUT2D eigenvalue weighted by atomic mass is 32.2. The van der Waals surface area contributed by atoms with Crippen LogP contribution in [0.25, 0.3) is 0 Å². The number of rotatable bonds is 4. The van der Waals surface area contributed by atoms with E-state index in [1.165, 1.54) is 6.92 Å². The lowest BCUT2D eigenvalue weighted by Crippen LogP contribution is -2.26. The van der Waals surface area contributed by atoms with Gasteiger partial charge >= 0.3 is 0 Å². The topological polar surface area (TPSA) is 70.0 Å². The Labute approximate surface area is 104 Å². The van der Waals surface area contributed by atoms with Crippen molar-refractivity contribution in [2.24, 2.45) is 0 Å². The predicted molar refractivity (Wildman–Crippen MR) is 63.9 cm³/mol. The summed E-state index contributed by atoms with van der Waals surface area (Å²) in [5, 5.41) is 11.0. The van der Waals surface area contributed by atoms with Crippen LogP contribution >= 0.6 is 0 Å². The van der Waals surface area contributed by atoms with E-state index in [-0.39, 0.29) is 11.3 Å². The van der Waals surface area contributed by atoms with Gasteiger partial charge in [0.2, 0.25) is 0 Å². The summed E-state index contributed by atoms with van der Waals surface area (Å²) in [5.74, 6) is -2.09. The van der Waals surface area contributed by atoms with Crippen LogP contribution < -0.4 is 5.32 Å². The van der Waals surface area contributed by atoms with Gasteiger partial charge in [0.25, 0.3) is 0 Å². The van der Waals surface area contributed by atoms with Gasteiger partial charge in [-0.1, -0.05) is 0 Å². The molecule has 4 nitrogen and oxygen atoms in total. The highest BCUT2D eigenvalue weighted by Crippen LogP contribution is 2.21. The number of halogens is 2. The second kappa shape index (κ2) is 5.31. The molecule has 0 bridgehead atoms. The van der Waals surface area contributed by atoms with Crippen molar-refractivity contribution in [3.05, 3.63) is 29.3 Å². The third kappa shape index (κ3) is 3.96. The molecule has 0 aromatic heterocycles. The zero-order valence-corrected chi connectivity index (χ0v) is 10.7. The van der Waals surface area contributed by atoms with E-state index >= 15 is 0 Å². The molecule has 0 aliphatic heterocycles. The van der Waals surface area contributed by atoms with E-state index in [0.29, 0.717) is 0 Å². The van der Waals surface area contributed by atoms with E-state index < -0.39 is 33.2 Å². The summed E-state index contributed by atoms with van der Waals surface area (Å²) in [6.45, 7) is 1.50. The summed E-state index contributed by atoms with van der Waals surface area (Å²) in [5.41, 5.74) is -0.559. The van der Waals surface area contributed by atoms with Gasteiger partial charge < -0.3 is 5.32 Å². The second-order valence-corrected chi connectivity index (χ2v) is 6.25. The smallest absolute Gasteiger partial charge is 0.150 e. The normalized spacial score (nSPS) is 12.8. The van der Waals surface area contributed by atoms with Gasteiger partial charge in [-0.05, 0) is 19.1 Å². The average Bonchev–Trinajstić information content (AvgIpc) is 2.20. The number of anilines is 1. The molecule has 1 unspecified atom stereocenters. The Bertz CT molecular complexity index is 571. The first-order valence-corrected chi connectivity index (χ1v) is 7.12. The van der Waals surface area contributed by atoms with Crippen LogP contribution in [0.5, 0.6) is 0 Å². The summed E-state index contributed by atoms with van der Waals surface area (Å²) in [4.78, 5) is 0. The lowest BCUT2D eigenvalue weighted by Gasteiger charge is -2.15. The molecule has 1 rings (SSSR count). The first kappa shape index (κ1) is 14.4. The minimum Gasteiger partial charge on any atom is -0.377 e. The van der Waals surface area contributed by atoms with Crippen molar-refractivity contribution in [1.82, 2.24) is 0 Å². The molecule has 18 heavy (non-hydrogen) atoms. The van der Waals surface area contributed by atoms with E-state index in [1.54, 1.807) is 6.07 Å². The maximum atomic E-state index is 13.5. The van der Waals surface area contributed by atoms with Crippen molar-refractivity contribution in [2.75, 3.05) is 17.3 Å². The van der Waals surface area contributed by atoms with Crippen LogP contribution in [0, 0.1) is 23.0 Å². The van der Waals surface area contributed by atoms with Gasteiger partial charge in [-0.25, -0.2) is 17.2 Å². The summed E-state index contributed by atoms with van der Waals surface area (Å²) < 4.78 is 49.0. The Kier molecular flexibility index (Phi) is 4.24. The zero-order chi connectivity index (χ0) is 13.9. The van der Waals surface area contributed by atoms with Crippen molar-refractivity contribution >= 4 is 15.5 Å². The van der Waals surface area contributed by atoms with Gasteiger partial charge in [0.1, 0.15) is 15.5 Å². The first-order valence-electron chi connectivity index (χ1n) is 5.06. The fourth-order valence-electron chi connectivity index (χ4n) is 1.52. The Morgan fingerprint density at radius 3 is 2.28 bits per heavy atom. The minimum atomic E-state index is -3.24. The maximum Gasteiger partial charge on any atom is 0.150 e. The van der Waals surface area contributed by atoms with Gasteiger partial charge in [-0.2, -0.15) is 5.26 Å². The largest absolute Gasteiger partial charge is 0.377 e. The second-order valence-electron chi connectivity index (χ2n) is 4.06. The molecule has 0 amide bonds. The summed E-state index contributed by atoms with van der Waals surface area (Å²) in [6, 6.07) is 2.76. The molecule has 0 saturated carbocycles. The van der Waals surface area contributed by atoms with Crippen LogP contribution in [0.2, 0.25) is 0 Å². The number of nitrogens with zero attached hydrogens (tertiary/aromatic N) is 1. The maximum absolute atomic E-state index is 13.5. The van der Waals surface area contributed by atoms with E-state index in [4.69, 9.17) is 5.26 Å². The molecule has 1 N–H and O–H groups in total. The third-order valence-electron chi connectivity index (χ3n) is 2.11. The van der Waals surface area contributed by atoms with Crippen LogP contribution in [-0.4, -0.2) is 26.5 Å². The molecule has 7 heteroatoms. The van der Waals surface area contributed by atoms with Crippen molar-refractivity contribution in [2.45, 2.75) is 13.0 Å². The van der Waals surface area contributed by atoms with Crippen LogP contribution in [0.1, 0.15) is 12.5 Å². The highest BCUT2D eigenvalue weighted by molar-refractivity contribution is 7.90. The SMILES string of the molecule is CC(CS(C)(=O)=O)Nc1c(F)cc(C#N)cc1F. The van der Waals surface area contributed by atoms with Crippen molar-refractivity contribution in [1.29, 1.82) is 5.26 Å². The molecule has 98 valence electrons. The first-order chi connectivity index (χ1) is 8.23. The minimum absolute atomic E-state index is 0.133. The molecule has 1 atom stereocenters. The molecule has 0 saturated heterocycles. The van der Waals surface area contributed by atoms with Crippen molar-refractivity contribution < 1.29 is 17.2 Å². The number of benzene rings is 1. The third-order valence-corrected chi connectivity index (χ3v) is 3.22. The lowest BCUT2D eigenvalue weighted by atomic mass is 10.2. The monoisotopic (exact) mass is 274 g/mol. The summed E-state index contributed by atoms with van der Waals surface area (Å²) in [7, 11) is -3.24. The summed E-state index contributed by atoms with van der Waals surface area (Å²) in [6.07, 6.45) is 1.04. The van der Waals surface area contributed by atoms with Crippen LogP contribution in [0.3, 0.4) is 0 Å². The van der Waals surface area contributed by atoms with Gasteiger partial charge in [-0.3, -0.25) is 0 Å². The van der Waals surface area contributed by atoms with Crippen LogP contribution in [-0.2, 0) is 9.84 Å². The number of sulfone groups is 1. The number of nitriles is 1. The fourth-order valence-corrected chi connectivity index (χ4v) is 2.51. The molecule has 0 aliphatic rings. The van der Waals surface area contributed by atoms with E-state index in [9.17, 15) is 17.2 Å². The molecule has 0 heterocycles. The molecule has 1 aromatic rings. The predicted octanol–water partition coefficient (Wildman–Crippen LogP) is 1.68. The molecule has 0 aliphatic carbocycles. The van der Waals surface area contributed by atoms with E-state index in [2.05, 4.69) is 5.32 Å². The average molecular weight is 274 g/mol. The molecule has 0 spiro atoms. The molecule has 0 radical (unpaired) electrons. The number of hydrogen-bond donors (Lipinski definition) is 1. The molecule has 1 aromatic carbocycles. The molecular weight excluding hydrogens is 262 g/mol. The number of nitrogens with one attached hydrogen (secondary N) is 1. The standard InChI is InChI=1S/C11H12F2N2O2S/c1-7(6-18(2,16)17)15-11-9(12)3-8(5-14)4-10(11)13/h3-4,7,15H,6H2,1-2H3. The Balaban J connectivity index is 2.96. The van der Waals surface area contributed by atoms with Gasteiger partial charge in [0.15, 0.2) is 11.6 Å². The Hall–Kier alpha value is -1.68. The molecule has 0 fully saturated rings. The van der Waals surface area contributed by atoms with Crippen molar-refractivity contribution in [3.63, 3.8) is 0 Å². The van der Waals surface area contributed by atoms with Crippen LogP contribution in [0.4, 0.5) is 14.5 Å². The summed E-state index contributed by atoms with van der Waals surface area (Å²) >= 11 is 0. The van der Waals surface area contributed by atoms with Gasteiger partial charge in [0.05, 0.1) is 17.4 Å². The van der Waals surface area contributed by atoms with E-state index in [1.807, 2.05) is 0 Å². The Morgan fingerprint density at radius 1 is 1.39 bits per heavy atom. The molecular formula is C11H12F2N2O2S. The Morgan fingerprint density at radius 2 is 1.89 bits per heavy atom. The number of hydrogen-bond acceptors (Lipinski definition) is 4. The zero-order valence-electron chi connectivity index (χ0n) is 9.87. The van der Waals surface area contributed by atoms with E-state index in [0.717, 1.165) is 18.4 Å². The lowest BCUT2D eigenvalue weighted by molar-refractivity contribution is 0.580.